The summed E-state index contributed by atoms with van der Waals surface area (Å²) in [5, 5.41) is 0. The molecule has 2 rings (SSSR count). The summed E-state index contributed by atoms with van der Waals surface area (Å²) in [6.45, 7) is 0. The van der Waals surface area contributed by atoms with Crippen molar-refractivity contribution < 1.29 is 9.59 Å². The fourth-order valence-corrected chi connectivity index (χ4v) is 1.53. The zero-order chi connectivity index (χ0) is 7.84. The van der Waals surface area contributed by atoms with Crippen molar-refractivity contribution in [2.45, 2.75) is 19.3 Å². The minimum atomic E-state index is -0.227. The lowest BCUT2D eigenvalue weighted by Gasteiger charge is -2.10. The summed E-state index contributed by atoms with van der Waals surface area (Å²) in [7, 11) is 0. The van der Waals surface area contributed by atoms with E-state index >= 15 is 0 Å². The first-order valence-corrected chi connectivity index (χ1v) is 3.71. The Kier molecular flexibility index (Phi) is 1.28. The van der Waals surface area contributed by atoms with E-state index in [0.29, 0.717) is 12.8 Å². The summed E-state index contributed by atoms with van der Waals surface area (Å²) < 4.78 is 0. The highest BCUT2D eigenvalue weighted by atomic mass is 16.2. The number of hydrogen-bond donors (Lipinski definition) is 0. The van der Waals surface area contributed by atoms with E-state index in [9.17, 15) is 9.59 Å². The summed E-state index contributed by atoms with van der Waals surface area (Å²) in [6, 6.07) is 0. The Morgan fingerprint density at radius 3 is 2.64 bits per heavy atom. The highest BCUT2D eigenvalue weighted by Gasteiger charge is 2.25. The van der Waals surface area contributed by atoms with Crippen LogP contribution in [0.1, 0.15) is 19.3 Å². The maximum absolute atomic E-state index is 10.9. The fraction of sp³-hybridized carbons (Fsp3) is 0.333. The van der Waals surface area contributed by atoms with Gasteiger partial charge in [0.15, 0.2) is 0 Å². The minimum absolute atomic E-state index is 0.215. The van der Waals surface area contributed by atoms with Gasteiger partial charge in [-0.05, 0) is 12.0 Å². The highest BCUT2D eigenvalue weighted by Crippen LogP contribution is 2.28. The van der Waals surface area contributed by atoms with Crippen LogP contribution < -0.4 is 0 Å². The molecule has 0 saturated heterocycles. The van der Waals surface area contributed by atoms with Crippen molar-refractivity contribution in [3.05, 3.63) is 23.3 Å². The van der Waals surface area contributed by atoms with Gasteiger partial charge in [-0.3, -0.25) is 9.59 Å². The monoisotopic (exact) mass is 148 g/mol. The van der Waals surface area contributed by atoms with Gasteiger partial charge in [0.25, 0.3) is 0 Å². The molecule has 0 spiro atoms. The van der Waals surface area contributed by atoms with E-state index < -0.39 is 0 Å². The molecule has 0 fully saturated rings. The van der Waals surface area contributed by atoms with Crippen LogP contribution in [0.3, 0.4) is 0 Å². The lowest BCUT2D eigenvalue weighted by atomic mass is 9.92. The largest absolute Gasteiger partial charge is 0.291 e. The molecule has 0 aromatic carbocycles. The molecule has 0 aromatic rings. The van der Waals surface area contributed by atoms with Crippen LogP contribution in [0.2, 0.25) is 0 Å². The molecule has 2 nitrogen and oxygen atoms in total. The van der Waals surface area contributed by atoms with Gasteiger partial charge >= 0.3 is 0 Å². The third kappa shape index (κ3) is 0.946. The molecule has 0 atom stereocenters. The maximum Gasteiger partial charge on any atom is 0.203 e. The lowest BCUT2D eigenvalue weighted by molar-refractivity contribution is -0.136. The van der Waals surface area contributed by atoms with Gasteiger partial charge in [0.05, 0.1) is 0 Å². The van der Waals surface area contributed by atoms with Crippen molar-refractivity contribution >= 4 is 11.6 Å². The Morgan fingerprint density at radius 2 is 1.82 bits per heavy atom. The minimum Gasteiger partial charge on any atom is -0.291 e. The number of ketones is 2. The number of Topliss-reactive ketones (excluding diaryl/α,β-unsaturated/α-hetero) is 2. The smallest absolute Gasteiger partial charge is 0.203 e. The molecule has 2 aliphatic carbocycles. The fourth-order valence-electron chi connectivity index (χ4n) is 1.53. The third-order valence-corrected chi connectivity index (χ3v) is 2.17. The number of allylic oxidation sites excluding steroid dienone is 4. The van der Waals surface area contributed by atoms with E-state index in [1.54, 1.807) is 0 Å². The van der Waals surface area contributed by atoms with Crippen molar-refractivity contribution in [2.75, 3.05) is 0 Å². The molecule has 11 heavy (non-hydrogen) atoms. The molecule has 0 radical (unpaired) electrons. The zero-order valence-corrected chi connectivity index (χ0v) is 6.09. The van der Waals surface area contributed by atoms with E-state index in [1.165, 1.54) is 0 Å². The number of rotatable bonds is 0. The first-order valence-electron chi connectivity index (χ1n) is 3.71. The molecule has 0 saturated carbocycles. The summed E-state index contributed by atoms with van der Waals surface area (Å²) in [5.74, 6) is -0.442. The molecule has 0 unspecified atom stereocenters. The Balaban J connectivity index is 2.34. The van der Waals surface area contributed by atoms with Crippen molar-refractivity contribution in [1.29, 1.82) is 0 Å². The number of carbonyl (C=O) groups excluding carboxylic acids is 2. The molecular weight excluding hydrogens is 140 g/mol. The van der Waals surface area contributed by atoms with Gasteiger partial charge in [0, 0.05) is 12.8 Å². The van der Waals surface area contributed by atoms with Crippen molar-refractivity contribution in [1.82, 2.24) is 0 Å². The topological polar surface area (TPSA) is 34.1 Å². The lowest BCUT2D eigenvalue weighted by Crippen LogP contribution is -2.19. The van der Waals surface area contributed by atoms with Crippen molar-refractivity contribution in [3.8, 4) is 0 Å². The quantitative estimate of drug-likeness (QED) is 0.483. The summed E-state index contributed by atoms with van der Waals surface area (Å²) >= 11 is 0. The Bertz CT molecular complexity index is 295. The number of hydrogen-bond acceptors (Lipinski definition) is 2. The SMILES string of the molecule is O=C1CC2=C(CC=C2)CC1=O. The zero-order valence-electron chi connectivity index (χ0n) is 6.09. The molecule has 56 valence electrons. The average Bonchev–Trinajstić information content (AvgIpc) is 2.36. The van der Waals surface area contributed by atoms with Crippen LogP contribution in [-0.4, -0.2) is 11.6 Å². The van der Waals surface area contributed by atoms with Gasteiger partial charge < -0.3 is 0 Å². The van der Waals surface area contributed by atoms with Crippen LogP contribution in [0.25, 0.3) is 0 Å². The summed E-state index contributed by atoms with van der Waals surface area (Å²) in [5.41, 5.74) is 2.23. The second kappa shape index (κ2) is 2.16. The molecule has 2 aliphatic rings. The van der Waals surface area contributed by atoms with Crippen LogP contribution in [0.5, 0.6) is 0 Å². The van der Waals surface area contributed by atoms with Gasteiger partial charge in [-0.1, -0.05) is 17.7 Å². The van der Waals surface area contributed by atoms with Crippen molar-refractivity contribution in [2.24, 2.45) is 0 Å². The van der Waals surface area contributed by atoms with E-state index in [1.807, 2.05) is 12.2 Å². The van der Waals surface area contributed by atoms with Crippen LogP contribution in [0.4, 0.5) is 0 Å². The molecule has 0 amide bonds. The van der Waals surface area contributed by atoms with E-state index in [4.69, 9.17) is 0 Å². The van der Waals surface area contributed by atoms with Crippen LogP contribution in [-0.2, 0) is 9.59 Å². The molecule has 2 heteroatoms. The molecule has 0 heterocycles. The molecule has 0 aliphatic heterocycles. The number of carbonyl (C=O) groups is 2. The normalized spacial score (nSPS) is 22.9. The second-order valence-corrected chi connectivity index (χ2v) is 2.94. The second-order valence-electron chi connectivity index (χ2n) is 2.94. The molecular formula is C9H8O2. The summed E-state index contributed by atoms with van der Waals surface area (Å²) in [4.78, 5) is 21.8. The predicted molar refractivity (Wildman–Crippen MR) is 40.0 cm³/mol. The van der Waals surface area contributed by atoms with Gasteiger partial charge in [-0.2, -0.15) is 0 Å². The first kappa shape index (κ1) is 6.53. The van der Waals surface area contributed by atoms with E-state index in [2.05, 4.69) is 0 Å². The van der Waals surface area contributed by atoms with Crippen LogP contribution in [0.15, 0.2) is 23.3 Å². The van der Waals surface area contributed by atoms with E-state index in [-0.39, 0.29) is 11.6 Å². The van der Waals surface area contributed by atoms with Gasteiger partial charge in [-0.25, -0.2) is 0 Å². The van der Waals surface area contributed by atoms with Gasteiger partial charge in [-0.15, -0.1) is 0 Å². The molecule has 0 aromatic heterocycles. The highest BCUT2D eigenvalue weighted by molar-refractivity contribution is 6.39. The van der Waals surface area contributed by atoms with Gasteiger partial charge in [0.1, 0.15) is 0 Å². The first-order chi connectivity index (χ1) is 5.27. The molecule has 0 N–H and O–H groups in total. The van der Waals surface area contributed by atoms with Crippen LogP contribution in [0, 0.1) is 0 Å². The Morgan fingerprint density at radius 1 is 1.09 bits per heavy atom. The van der Waals surface area contributed by atoms with E-state index in [0.717, 1.165) is 17.6 Å². The third-order valence-electron chi connectivity index (χ3n) is 2.17. The van der Waals surface area contributed by atoms with Gasteiger partial charge in [0.2, 0.25) is 11.6 Å². The maximum atomic E-state index is 10.9. The predicted octanol–water partition coefficient (Wildman–Crippen LogP) is 1.17. The average molecular weight is 148 g/mol. The Labute approximate surface area is 64.6 Å². The summed E-state index contributed by atoms with van der Waals surface area (Å²) in [6.07, 6.45) is 5.54. The van der Waals surface area contributed by atoms with Crippen LogP contribution >= 0.6 is 0 Å². The molecule has 0 bridgehead atoms. The van der Waals surface area contributed by atoms with Crippen molar-refractivity contribution in [3.63, 3.8) is 0 Å². The standard InChI is InChI=1S/C9H8O2/c10-8-4-6-2-1-3-7(6)5-9(8)11/h1-2H,3-5H2. The Hall–Kier alpha value is -1.18.